The number of aliphatic carboxylic acids is 1. The summed E-state index contributed by atoms with van der Waals surface area (Å²) in [5.74, 6) is 0.692. The SMILES string of the molecule is CC(C)(CC(=O)O)Cc1nn2c(C3CC3)nnc2s1. The van der Waals surface area contributed by atoms with Gasteiger partial charge in [0, 0.05) is 12.3 Å². The number of carboxylic acid groups (broad SMARTS) is 1. The summed E-state index contributed by atoms with van der Waals surface area (Å²) in [5.41, 5.74) is -0.297. The van der Waals surface area contributed by atoms with Gasteiger partial charge in [0.25, 0.3) is 0 Å². The van der Waals surface area contributed by atoms with Gasteiger partial charge in [-0.1, -0.05) is 25.2 Å². The van der Waals surface area contributed by atoms with E-state index in [1.807, 2.05) is 18.4 Å². The highest BCUT2D eigenvalue weighted by atomic mass is 32.1. The van der Waals surface area contributed by atoms with E-state index >= 15 is 0 Å². The second kappa shape index (κ2) is 4.26. The average molecular weight is 280 g/mol. The molecule has 0 aromatic carbocycles. The minimum Gasteiger partial charge on any atom is -0.481 e. The molecule has 0 spiro atoms. The molecule has 0 amide bonds. The van der Waals surface area contributed by atoms with Crippen LogP contribution in [-0.4, -0.2) is 30.9 Å². The first kappa shape index (κ1) is 12.5. The second-order valence-electron chi connectivity index (χ2n) is 5.93. The standard InChI is InChI=1S/C12H16N4O2S/c1-12(2,6-9(17)18)5-8-15-16-10(7-3-4-7)13-14-11(16)19-8/h7H,3-6H2,1-2H3,(H,17,18). The fourth-order valence-corrected chi connectivity index (χ4v) is 3.32. The number of hydrogen-bond donors (Lipinski definition) is 1. The van der Waals surface area contributed by atoms with Gasteiger partial charge in [-0.15, -0.1) is 10.2 Å². The Hall–Kier alpha value is -1.50. The van der Waals surface area contributed by atoms with Gasteiger partial charge in [-0.25, -0.2) is 0 Å². The molecule has 3 rings (SSSR count). The molecule has 2 aromatic rings. The maximum atomic E-state index is 10.8. The number of rotatable bonds is 5. The van der Waals surface area contributed by atoms with Crippen LogP contribution in [0.15, 0.2) is 0 Å². The van der Waals surface area contributed by atoms with Crippen LogP contribution in [0.2, 0.25) is 0 Å². The molecule has 2 heterocycles. The number of fused-ring (bicyclic) bond motifs is 1. The van der Waals surface area contributed by atoms with Gasteiger partial charge in [0.2, 0.25) is 4.96 Å². The smallest absolute Gasteiger partial charge is 0.303 e. The number of nitrogens with zero attached hydrogens (tertiary/aromatic N) is 4. The molecular weight excluding hydrogens is 264 g/mol. The Labute approximate surface area is 114 Å². The molecule has 2 aromatic heterocycles. The topological polar surface area (TPSA) is 80.4 Å². The van der Waals surface area contributed by atoms with E-state index in [2.05, 4.69) is 15.3 Å². The van der Waals surface area contributed by atoms with Crippen molar-refractivity contribution < 1.29 is 9.90 Å². The first-order valence-electron chi connectivity index (χ1n) is 6.37. The highest BCUT2D eigenvalue weighted by Crippen LogP contribution is 2.39. The number of carbonyl (C=O) groups is 1. The Kier molecular flexibility index (Phi) is 2.81. The molecule has 0 bridgehead atoms. The van der Waals surface area contributed by atoms with Gasteiger partial charge in [0.05, 0.1) is 6.42 Å². The Morgan fingerprint density at radius 2 is 2.21 bits per heavy atom. The zero-order valence-electron chi connectivity index (χ0n) is 11.0. The van der Waals surface area contributed by atoms with Gasteiger partial charge in [0.1, 0.15) is 5.01 Å². The van der Waals surface area contributed by atoms with E-state index in [9.17, 15) is 4.79 Å². The lowest BCUT2D eigenvalue weighted by atomic mass is 9.86. The van der Waals surface area contributed by atoms with Gasteiger partial charge in [-0.3, -0.25) is 4.79 Å². The predicted octanol–water partition coefficient (Wildman–Crippen LogP) is 2.11. The van der Waals surface area contributed by atoms with Crippen molar-refractivity contribution in [1.82, 2.24) is 19.8 Å². The van der Waals surface area contributed by atoms with Crippen molar-refractivity contribution >= 4 is 22.3 Å². The van der Waals surface area contributed by atoms with E-state index in [4.69, 9.17) is 5.11 Å². The highest BCUT2D eigenvalue weighted by molar-refractivity contribution is 7.16. The molecule has 0 aliphatic heterocycles. The van der Waals surface area contributed by atoms with Crippen LogP contribution in [-0.2, 0) is 11.2 Å². The molecule has 1 N–H and O–H groups in total. The lowest BCUT2D eigenvalue weighted by Gasteiger charge is -2.20. The van der Waals surface area contributed by atoms with Crippen LogP contribution < -0.4 is 0 Å². The summed E-state index contributed by atoms with van der Waals surface area (Å²) in [6, 6.07) is 0. The summed E-state index contributed by atoms with van der Waals surface area (Å²) in [7, 11) is 0. The molecule has 102 valence electrons. The maximum absolute atomic E-state index is 10.8. The summed E-state index contributed by atoms with van der Waals surface area (Å²) in [6.45, 7) is 3.90. The van der Waals surface area contributed by atoms with Crippen molar-refractivity contribution in [1.29, 1.82) is 0 Å². The van der Waals surface area contributed by atoms with Gasteiger partial charge >= 0.3 is 5.97 Å². The summed E-state index contributed by atoms with van der Waals surface area (Å²) >= 11 is 1.50. The molecule has 1 aliphatic rings. The quantitative estimate of drug-likeness (QED) is 0.907. The van der Waals surface area contributed by atoms with Crippen molar-refractivity contribution in [2.24, 2.45) is 5.41 Å². The van der Waals surface area contributed by atoms with Gasteiger partial charge in [-0.05, 0) is 18.3 Å². The van der Waals surface area contributed by atoms with Gasteiger partial charge < -0.3 is 5.11 Å². The van der Waals surface area contributed by atoms with Crippen molar-refractivity contribution in [2.75, 3.05) is 0 Å². The van der Waals surface area contributed by atoms with Crippen LogP contribution in [0.4, 0.5) is 0 Å². The summed E-state index contributed by atoms with van der Waals surface area (Å²) in [5, 5.41) is 22.7. The van der Waals surface area contributed by atoms with Crippen molar-refractivity contribution in [3.05, 3.63) is 10.8 Å². The molecule has 1 saturated carbocycles. The lowest BCUT2D eigenvalue weighted by Crippen LogP contribution is -2.19. The van der Waals surface area contributed by atoms with E-state index < -0.39 is 5.97 Å². The average Bonchev–Trinajstić information content (AvgIpc) is 2.90. The zero-order valence-corrected chi connectivity index (χ0v) is 11.8. The fraction of sp³-hybridized carbons (Fsp3) is 0.667. The normalized spacial score (nSPS) is 16.1. The molecular formula is C12H16N4O2S. The first-order valence-corrected chi connectivity index (χ1v) is 7.19. The van der Waals surface area contributed by atoms with Crippen LogP contribution in [0.25, 0.3) is 4.96 Å². The Morgan fingerprint density at radius 3 is 2.84 bits per heavy atom. The molecule has 6 nitrogen and oxygen atoms in total. The van der Waals surface area contributed by atoms with E-state index in [-0.39, 0.29) is 11.8 Å². The molecule has 19 heavy (non-hydrogen) atoms. The molecule has 1 fully saturated rings. The van der Waals surface area contributed by atoms with Crippen LogP contribution in [0.5, 0.6) is 0 Å². The van der Waals surface area contributed by atoms with Crippen molar-refractivity contribution in [3.8, 4) is 0 Å². The first-order chi connectivity index (χ1) is 8.94. The fourth-order valence-electron chi connectivity index (χ4n) is 2.22. The molecule has 0 radical (unpaired) electrons. The van der Waals surface area contributed by atoms with Crippen LogP contribution in [0.3, 0.4) is 0 Å². The van der Waals surface area contributed by atoms with Gasteiger partial charge in [0.15, 0.2) is 5.82 Å². The minimum absolute atomic E-state index is 0.141. The molecule has 7 heteroatoms. The molecule has 0 atom stereocenters. The van der Waals surface area contributed by atoms with E-state index in [1.54, 1.807) is 0 Å². The van der Waals surface area contributed by atoms with Crippen molar-refractivity contribution in [3.63, 3.8) is 0 Å². The predicted molar refractivity (Wildman–Crippen MR) is 70.4 cm³/mol. The van der Waals surface area contributed by atoms with E-state index in [0.717, 1.165) is 28.6 Å². The van der Waals surface area contributed by atoms with Crippen LogP contribution in [0.1, 0.15) is 49.9 Å². The van der Waals surface area contributed by atoms with E-state index in [0.29, 0.717) is 12.3 Å². The summed E-state index contributed by atoms with van der Waals surface area (Å²) in [6.07, 6.45) is 3.12. The molecule has 0 unspecified atom stereocenters. The largest absolute Gasteiger partial charge is 0.481 e. The number of hydrogen-bond acceptors (Lipinski definition) is 5. The summed E-state index contributed by atoms with van der Waals surface area (Å²) < 4.78 is 1.83. The third-order valence-electron chi connectivity index (χ3n) is 3.26. The minimum atomic E-state index is -0.772. The summed E-state index contributed by atoms with van der Waals surface area (Å²) in [4.78, 5) is 11.6. The Balaban J connectivity index is 1.83. The third kappa shape index (κ3) is 2.60. The third-order valence-corrected chi connectivity index (χ3v) is 4.16. The lowest BCUT2D eigenvalue weighted by molar-refractivity contribution is -0.139. The second-order valence-corrected chi connectivity index (χ2v) is 6.97. The Morgan fingerprint density at radius 1 is 1.47 bits per heavy atom. The van der Waals surface area contributed by atoms with Crippen LogP contribution >= 0.6 is 11.3 Å². The highest BCUT2D eigenvalue weighted by Gasteiger charge is 2.31. The van der Waals surface area contributed by atoms with Crippen LogP contribution in [0, 0.1) is 5.41 Å². The maximum Gasteiger partial charge on any atom is 0.303 e. The van der Waals surface area contributed by atoms with E-state index in [1.165, 1.54) is 11.3 Å². The monoisotopic (exact) mass is 280 g/mol. The number of aromatic nitrogens is 4. The molecule has 0 saturated heterocycles. The number of carboxylic acids is 1. The van der Waals surface area contributed by atoms with Crippen molar-refractivity contribution in [2.45, 2.75) is 45.4 Å². The zero-order chi connectivity index (χ0) is 13.6. The Bertz CT molecular complexity index is 627. The van der Waals surface area contributed by atoms with Gasteiger partial charge in [-0.2, -0.15) is 9.61 Å². The molecule has 1 aliphatic carbocycles.